The average Bonchev–Trinajstić information content (AvgIpc) is 3.51. The molecule has 176 valence electrons. The summed E-state index contributed by atoms with van der Waals surface area (Å²) < 4.78 is 14.3. The molecule has 0 fully saturated rings. The van der Waals surface area contributed by atoms with Crippen LogP contribution >= 0.6 is 0 Å². The fourth-order valence-corrected chi connectivity index (χ4v) is 5.38. The van der Waals surface area contributed by atoms with Crippen molar-refractivity contribution in [1.29, 1.82) is 0 Å². The summed E-state index contributed by atoms with van der Waals surface area (Å²) in [5, 5.41) is 13.5. The van der Waals surface area contributed by atoms with Crippen LogP contribution in [0.4, 0.5) is 0 Å². The van der Waals surface area contributed by atoms with Crippen LogP contribution in [0.2, 0.25) is 0 Å². The Labute approximate surface area is 211 Å². The number of aliphatic hydroxyl groups excluding tert-OH is 1. The van der Waals surface area contributed by atoms with E-state index in [9.17, 15) is 5.11 Å². The van der Waals surface area contributed by atoms with Crippen molar-refractivity contribution < 1.29 is 14.3 Å². The first kappa shape index (κ1) is 20.3. The molecule has 3 heterocycles. The van der Waals surface area contributed by atoms with E-state index in [1.54, 1.807) is 4.57 Å². The van der Waals surface area contributed by atoms with Crippen molar-refractivity contribution in [3.05, 3.63) is 115 Å². The molecule has 5 aromatic carbocycles. The number of aromatic nitrogens is 2. The lowest BCUT2D eigenvalue weighted by Gasteiger charge is -2.24. The summed E-state index contributed by atoms with van der Waals surface area (Å²) in [5.41, 5.74) is 7.96. The van der Waals surface area contributed by atoms with Gasteiger partial charge in [0.25, 0.3) is 0 Å². The molecule has 0 bridgehead atoms. The number of ether oxygens (including phenoxy) is 1. The lowest BCUT2D eigenvalue weighted by molar-refractivity contribution is 0.125. The van der Waals surface area contributed by atoms with E-state index >= 15 is 0 Å². The van der Waals surface area contributed by atoms with Gasteiger partial charge in [-0.15, -0.1) is 0 Å². The highest BCUT2D eigenvalue weighted by Gasteiger charge is 2.30. The molecule has 2 aromatic heterocycles. The predicted octanol–water partition coefficient (Wildman–Crippen LogP) is 7.91. The summed E-state index contributed by atoms with van der Waals surface area (Å²) in [6.45, 7) is 0. The summed E-state index contributed by atoms with van der Waals surface area (Å²) >= 11 is 0. The molecular formula is C32H20N2O3. The highest BCUT2D eigenvalue weighted by molar-refractivity contribution is 6.14. The second-order valence-electron chi connectivity index (χ2n) is 9.35. The summed E-state index contributed by atoms with van der Waals surface area (Å²) in [6.07, 6.45) is -0.952. The SMILES string of the molecule is OC1c2ccc(-c3ccccc3)cc2Oc2nc3ccc4c5cc(-c6ccccc6)ccc5oc4c3n21. The standard InChI is InChI=1S/C32H20N2O3/c35-31-24-13-11-22(20-9-5-2-6-10-20)18-28(24)37-32-33-26-15-14-23-25-17-21(19-7-3-1-4-8-19)12-16-27(25)36-30(23)29(26)34(31)32/h1-18,31,35H. The van der Waals surface area contributed by atoms with E-state index in [0.717, 1.165) is 44.1 Å². The third-order valence-corrected chi connectivity index (χ3v) is 7.21. The molecule has 7 aromatic rings. The van der Waals surface area contributed by atoms with Crippen LogP contribution in [0, 0.1) is 0 Å². The minimum absolute atomic E-state index is 0.346. The van der Waals surface area contributed by atoms with Gasteiger partial charge < -0.3 is 14.3 Å². The first-order valence-electron chi connectivity index (χ1n) is 12.2. The van der Waals surface area contributed by atoms with Crippen LogP contribution in [-0.2, 0) is 0 Å². The minimum atomic E-state index is -0.952. The average molecular weight is 481 g/mol. The van der Waals surface area contributed by atoms with Crippen molar-refractivity contribution in [3.8, 4) is 34.0 Å². The van der Waals surface area contributed by atoms with Gasteiger partial charge in [0, 0.05) is 16.3 Å². The number of hydrogen-bond donors (Lipinski definition) is 1. The summed E-state index contributed by atoms with van der Waals surface area (Å²) in [5.74, 6) is 0.602. The van der Waals surface area contributed by atoms with Crippen LogP contribution in [-0.4, -0.2) is 14.7 Å². The van der Waals surface area contributed by atoms with Crippen LogP contribution in [0.25, 0.3) is 55.2 Å². The monoisotopic (exact) mass is 480 g/mol. The van der Waals surface area contributed by atoms with Gasteiger partial charge in [-0.25, -0.2) is 0 Å². The number of furan rings is 1. The lowest BCUT2D eigenvalue weighted by atomic mass is 10.0. The molecule has 0 amide bonds. The number of benzene rings is 5. The second kappa shape index (κ2) is 7.56. The molecule has 1 atom stereocenters. The Morgan fingerprint density at radius 1 is 0.676 bits per heavy atom. The largest absolute Gasteiger partial charge is 0.454 e. The molecule has 8 rings (SSSR count). The third kappa shape index (κ3) is 2.98. The fraction of sp³-hybridized carbons (Fsp3) is 0.0312. The van der Waals surface area contributed by atoms with Crippen LogP contribution in [0.1, 0.15) is 11.8 Å². The number of rotatable bonds is 2. The van der Waals surface area contributed by atoms with Crippen molar-refractivity contribution in [2.24, 2.45) is 0 Å². The van der Waals surface area contributed by atoms with Crippen molar-refractivity contribution in [2.75, 3.05) is 0 Å². The Morgan fingerprint density at radius 2 is 1.38 bits per heavy atom. The van der Waals surface area contributed by atoms with Gasteiger partial charge in [-0.2, -0.15) is 4.98 Å². The maximum Gasteiger partial charge on any atom is 0.305 e. The zero-order chi connectivity index (χ0) is 24.5. The van der Waals surface area contributed by atoms with Crippen LogP contribution in [0.15, 0.2) is 114 Å². The Kier molecular flexibility index (Phi) is 4.16. The number of imidazole rings is 1. The van der Waals surface area contributed by atoms with Gasteiger partial charge in [0.05, 0.1) is 5.52 Å². The number of aliphatic hydroxyl groups is 1. The molecule has 0 radical (unpaired) electrons. The Balaban J connectivity index is 1.30. The fourth-order valence-electron chi connectivity index (χ4n) is 5.38. The van der Waals surface area contributed by atoms with E-state index < -0.39 is 6.23 Å². The van der Waals surface area contributed by atoms with E-state index in [2.05, 4.69) is 36.4 Å². The van der Waals surface area contributed by atoms with Crippen molar-refractivity contribution >= 4 is 33.0 Å². The molecule has 0 saturated carbocycles. The second-order valence-corrected chi connectivity index (χ2v) is 9.35. The minimum Gasteiger partial charge on any atom is -0.454 e. The van der Waals surface area contributed by atoms with E-state index in [-0.39, 0.29) is 0 Å². The van der Waals surface area contributed by atoms with Gasteiger partial charge in [0.2, 0.25) is 0 Å². The maximum absolute atomic E-state index is 11.5. The molecule has 37 heavy (non-hydrogen) atoms. The van der Waals surface area contributed by atoms with E-state index in [1.165, 1.54) is 0 Å². The van der Waals surface area contributed by atoms with Gasteiger partial charge >= 0.3 is 6.01 Å². The molecule has 1 unspecified atom stereocenters. The molecule has 5 nitrogen and oxygen atoms in total. The summed E-state index contributed by atoms with van der Waals surface area (Å²) in [7, 11) is 0. The number of nitrogens with zero attached hydrogens (tertiary/aromatic N) is 2. The van der Waals surface area contributed by atoms with Gasteiger partial charge in [-0.05, 0) is 52.6 Å². The molecule has 1 aliphatic heterocycles. The normalized spacial score (nSPS) is 14.6. The van der Waals surface area contributed by atoms with Crippen LogP contribution < -0.4 is 4.74 Å². The predicted molar refractivity (Wildman–Crippen MR) is 145 cm³/mol. The molecule has 0 aliphatic carbocycles. The van der Waals surface area contributed by atoms with E-state index in [4.69, 9.17) is 14.1 Å². The Morgan fingerprint density at radius 3 is 2.14 bits per heavy atom. The first-order chi connectivity index (χ1) is 18.2. The van der Waals surface area contributed by atoms with Gasteiger partial charge in [0.1, 0.15) is 16.8 Å². The van der Waals surface area contributed by atoms with Crippen molar-refractivity contribution in [1.82, 2.24) is 9.55 Å². The molecule has 5 heteroatoms. The Bertz CT molecular complexity index is 1970. The molecule has 0 spiro atoms. The van der Waals surface area contributed by atoms with Crippen LogP contribution in [0.5, 0.6) is 11.8 Å². The van der Waals surface area contributed by atoms with Gasteiger partial charge in [-0.1, -0.05) is 78.9 Å². The van der Waals surface area contributed by atoms with Crippen molar-refractivity contribution in [2.45, 2.75) is 6.23 Å². The topological polar surface area (TPSA) is 60.4 Å². The van der Waals surface area contributed by atoms with Gasteiger partial charge in [0.15, 0.2) is 11.8 Å². The van der Waals surface area contributed by atoms with Gasteiger partial charge in [-0.3, -0.25) is 4.57 Å². The zero-order valence-electron chi connectivity index (χ0n) is 19.6. The smallest absolute Gasteiger partial charge is 0.305 e. The van der Waals surface area contributed by atoms with E-state index in [1.807, 2.05) is 72.8 Å². The number of fused-ring (bicyclic) bond motifs is 8. The van der Waals surface area contributed by atoms with Crippen LogP contribution in [0.3, 0.4) is 0 Å². The maximum atomic E-state index is 11.5. The van der Waals surface area contributed by atoms with E-state index in [0.29, 0.717) is 28.4 Å². The summed E-state index contributed by atoms with van der Waals surface area (Å²) in [4.78, 5) is 4.71. The zero-order valence-corrected chi connectivity index (χ0v) is 19.6. The molecule has 1 aliphatic rings. The molecule has 0 saturated heterocycles. The lowest BCUT2D eigenvalue weighted by Crippen LogP contribution is -2.17. The number of hydrogen-bond acceptors (Lipinski definition) is 4. The highest BCUT2D eigenvalue weighted by atomic mass is 16.5. The Hall–Kier alpha value is -4.87. The van der Waals surface area contributed by atoms with Crippen molar-refractivity contribution in [3.63, 3.8) is 0 Å². The quantitative estimate of drug-likeness (QED) is 0.273. The molecular weight excluding hydrogens is 460 g/mol. The first-order valence-corrected chi connectivity index (χ1v) is 12.2. The third-order valence-electron chi connectivity index (χ3n) is 7.21. The summed E-state index contributed by atoms with van der Waals surface area (Å²) in [6, 6.07) is 36.9. The highest BCUT2D eigenvalue weighted by Crippen LogP contribution is 2.45. The molecule has 1 N–H and O–H groups in total.